The van der Waals surface area contributed by atoms with Gasteiger partial charge in [0.25, 0.3) is 8.32 Å². The van der Waals surface area contributed by atoms with Gasteiger partial charge < -0.3 is 18.6 Å². The number of amides is 1. The fourth-order valence-electron chi connectivity index (χ4n) is 6.56. The molecule has 6 rings (SSSR count). The van der Waals surface area contributed by atoms with E-state index in [0.29, 0.717) is 35.5 Å². The predicted molar refractivity (Wildman–Crippen MR) is 169 cm³/mol. The molecule has 0 saturated heterocycles. The number of nitrogens with zero attached hydrogens (tertiary/aromatic N) is 2. The van der Waals surface area contributed by atoms with Crippen molar-refractivity contribution in [2.24, 2.45) is 0 Å². The molecule has 3 aromatic rings. The van der Waals surface area contributed by atoms with E-state index in [0.717, 1.165) is 16.7 Å². The molecular weight excluding hydrogens is 560 g/mol. The van der Waals surface area contributed by atoms with Crippen molar-refractivity contribution in [3.8, 4) is 0 Å². The molecule has 2 bridgehead atoms. The van der Waals surface area contributed by atoms with Crippen LogP contribution in [0, 0.1) is 0 Å². The van der Waals surface area contributed by atoms with Crippen LogP contribution < -0.4 is 15.3 Å². The summed E-state index contributed by atoms with van der Waals surface area (Å²) in [7, 11) is -0.0306. The fraction of sp³-hybridized carbons (Fsp3) is 0.441. The molecule has 1 aliphatic carbocycles. The zero-order chi connectivity index (χ0) is 31.2. The second-order valence-electron chi connectivity index (χ2n) is 13.4. The average Bonchev–Trinajstić information content (AvgIpc) is 2.94. The van der Waals surface area contributed by atoms with Crippen LogP contribution in [0.2, 0.25) is 5.04 Å². The number of carbonyl (C=O) groups is 2. The number of benzene rings is 2. The van der Waals surface area contributed by atoms with E-state index in [9.17, 15) is 9.59 Å². The van der Waals surface area contributed by atoms with Crippen molar-refractivity contribution < 1.29 is 28.2 Å². The minimum absolute atomic E-state index is 0.188. The van der Waals surface area contributed by atoms with Crippen molar-refractivity contribution in [1.82, 2.24) is 4.98 Å². The highest BCUT2D eigenvalue weighted by molar-refractivity contribution is 6.99. The van der Waals surface area contributed by atoms with Crippen molar-refractivity contribution in [3.05, 3.63) is 83.6 Å². The summed E-state index contributed by atoms with van der Waals surface area (Å²) in [5.41, 5.74) is -0.149. The van der Waals surface area contributed by atoms with Gasteiger partial charge in [0.1, 0.15) is 17.1 Å². The van der Waals surface area contributed by atoms with Crippen LogP contribution in [0.3, 0.4) is 0 Å². The van der Waals surface area contributed by atoms with Gasteiger partial charge in [0.2, 0.25) is 6.29 Å². The highest BCUT2D eigenvalue weighted by atomic mass is 28.4. The lowest BCUT2D eigenvalue weighted by Crippen LogP contribution is -2.73. The minimum atomic E-state index is -3.00. The molecule has 9 heteroatoms. The summed E-state index contributed by atoms with van der Waals surface area (Å²) in [6.07, 6.45) is 0.494. The lowest BCUT2D eigenvalue weighted by atomic mass is 9.67. The van der Waals surface area contributed by atoms with Gasteiger partial charge in [-0.1, -0.05) is 81.4 Å². The van der Waals surface area contributed by atoms with Crippen LogP contribution in [0.5, 0.6) is 0 Å². The summed E-state index contributed by atoms with van der Waals surface area (Å²) in [5.74, 6) is 0.411. The Morgan fingerprint density at radius 3 is 1.93 bits per heavy atom. The van der Waals surface area contributed by atoms with Crippen LogP contribution in [-0.4, -0.2) is 51.5 Å². The molecule has 1 fully saturated rings. The quantitative estimate of drug-likeness (QED) is 0.181. The molecule has 2 aromatic carbocycles. The summed E-state index contributed by atoms with van der Waals surface area (Å²) in [4.78, 5) is 32.7. The Morgan fingerprint density at radius 2 is 1.49 bits per heavy atom. The van der Waals surface area contributed by atoms with E-state index in [-0.39, 0.29) is 11.1 Å². The predicted octanol–water partition coefficient (Wildman–Crippen LogP) is 5.87. The maximum atomic E-state index is 13.7. The number of hydrogen-bond donors (Lipinski definition) is 0. The molecular formula is C34H42N2O6Si. The van der Waals surface area contributed by atoms with Crippen LogP contribution in [0.4, 0.5) is 10.6 Å². The monoisotopic (exact) mass is 602 g/mol. The third-order valence-corrected chi connectivity index (χ3v) is 13.5. The number of anilines is 1. The van der Waals surface area contributed by atoms with Crippen LogP contribution in [0.25, 0.3) is 0 Å². The number of rotatable bonds is 8. The maximum Gasteiger partial charge on any atom is 0.416 e. The first kappa shape index (κ1) is 31.1. The van der Waals surface area contributed by atoms with Crippen molar-refractivity contribution in [3.63, 3.8) is 0 Å². The zero-order valence-corrected chi connectivity index (χ0v) is 27.3. The third kappa shape index (κ3) is 5.33. The van der Waals surface area contributed by atoms with Crippen LogP contribution in [0.15, 0.2) is 66.7 Å². The largest absolute Gasteiger partial charge is 0.443 e. The first-order chi connectivity index (χ1) is 20.3. The Labute approximate surface area is 255 Å². The Hall–Kier alpha value is -3.37. The summed E-state index contributed by atoms with van der Waals surface area (Å²) < 4.78 is 24.6. The number of aldehydes is 1. The minimum Gasteiger partial charge on any atom is -0.443 e. The molecule has 3 heterocycles. The van der Waals surface area contributed by atoms with Gasteiger partial charge in [-0.05, 0) is 42.2 Å². The Morgan fingerprint density at radius 1 is 0.953 bits per heavy atom. The van der Waals surface area contributed by atoms with Crippen molar-refractivity contribution in [1.29, 1.82) is 0 Å². The van der Waals surface area contributed by atoms with Crippen LogP contribution in [0.1, 0.15) is 82.3 Å². The second-order valence-corrected chi connectivity index (χ2v) is 17.6. The smallest absolute Gasteiger partial charge is 0.416 e. The van der Waals surface area contributed by atoms with Gasteiger partial charge in [0.15, 0.2) is 6.29 Å². The molecule has 0 N–H and O–H groups in total. The van der Waals surface area contributed by atoms with E-state index in [4.69, 9.17) is 23.6 Å². The molecule has 43 heavy (non-hydrogen) atoms. The van der Waals surface area contributed by atoms with Gasteiger partial charge >= 0.3 is 6.09 Å². The highest BCUT2D eigenvalue weighted by Crippen LogP contribution is 2.58. The Balaban J connectivity index is 1.75. The van der Waals surface area contributed by atoms with Gasteiger partial charge in [-0.25, -0.2) is 9.78 Å². The Kier molecular flexibility index (Phi) is 8.15. The normalized spacial score (nSPS) is 19.9. The van der Waals surface area contributed by atoms with Crippen molar-refractivity contribution in [2.45, 2.75) is 83.0 Å². The number of aromatic nitrogens is 1. The van der Waals surface area contributed by atoms with E-state index in [1.54, 1.807) is 11.0 Å². The Bertz CT molecular complexity index is 1430. The molecule has 1 aromatic heterocycles. The van der Waals surface area contributed by atoms with Crippen LogP contribution in [-0.2, 0) is 24.2 Å². The second kappa shape index (κ2) is 11.3. The van der Waals surface area contributed by atoms with Gasteiger partial charge in [0.05, 0.1) is 5.60 Å². The molecule has 2 aliphatic heterocycles. The lowest BCUT2D eigenvalue weighted by molar-refractivity contribution is -0.109. The van der Waals surface area contributed by atoms with Crippen molar-refractivity contribution in [2.75, 3.05) is 19.1 Å². The summed E-state index contributed by atoms with van der Waals surface area (Å²) >= 11 is 0. The number of pyridine rings is 1. The summed E-state index contributed by atoms with van der Waals surface area (Å²) in [5, 5.41) is 2.04. The zero-order valence-electron chi connectivity index (χ0n) is 26.3. The van der Waals surface area contributed by atoms with Gasteiger partial charge in [-0.2, -0.15) is 0 Å². The molecule has 8 nitrogen and oxygen atoms in total. The molecule has 228 valence electrons. The first-order valence-electron chi connectivity index (χ1n) is 14.7. The molecule has 0 unspecified atom stereocenters. The molecule has 0 atom stereocenters. The van der Waals surface area contributed by atoms with Crippen LogP contribution >= 0.6 is 0 Å². The molecule has 1 amide bonds. The summed E-state index contributed by atoms with van der Waals surface area (Å²) in [6, 6.07) is 22.5. The first-order valence-corrected chi connectivity index (χ1v) is 16.6. The van der Waals surface area contributed by atoms with Gasteiger partial charge in [-0.15, -0.1) is 0 Å². The van der Waals surface area contributed by atoms with E-state index in [1.807, 2.05) is 32.9 Å². The lowest BCUT2D eigenvalue weighted by Gasteiger charge is -2.60. The van der Waals surface area contributed by atoms with E-state index in [1.165, 1.54) is 14.2 Å². The van der Waals surface area contributed by atoms with Gasteiger partial charge in [-0.3, -0.25) is 9.69 Å². The molecule has 0 spiro atoms. The topological polar surface area (TPSA) is 87.2 Å². The number of methoxy groups -OCH3 is 2. The highest BCUT2D eigenvalue weighted by Gasteiger charge is 2.63. The standard InChI is InChI=1S/C34H42N2O6Si/c1-32(2,3)41-31(38)36-24-20-34(21-24,27-19-23(22-37)28(35-29(27)36)30(39-7)40-8)42-43(33(4,5)6,25-15-11-9-12-16-25)26-17-13-10-14-18-26/h9-19,22,24,30H,20-21H2,1-8H3. The third-order valence-electron chi connectivity index (χ3n) is 8.41. The molecule has 3 aliphatic rings. The number of carbonyl (C=O) groups excluding carboxylic acids is 2. The van der Waals surface area contributed by atoms with Crippen molar-refractivity contribution >= 4 is 36.9 Å². The maximum absolute atomic E-state index is 13.7. The fourth-order valence-corrected chi connectivity index (χ4v) is 11.4. The number of ether oxygens (including phenoxy) is 3. The van der Waals surface area contributed by atoms with Gasteiger partial charge in [0, 0.05) is 44.2 Å². The van der Waals surface area contributed by atoms with E-state index >= 15 is 0 Å². The SMILES string of the molecule is COC(OC)c1nc2c(cc1C=O)C1(O[Si](c3ccccc3)(c3ccccc3)C(C)(C)C)CC(C1)N2C(=O)OC(C)(C)C. The van der Waals surface area contributed by atoms with E-state index in [2.05, 4.69) is 69.3 Å². The number of hydrogen-bond acceptors (Lipinski definition) is 7. The molecule has 1 saturated carbocycles. The van der Waals surface area contributed by atoms with E-state index < -0.39 is 31.9 Å². The summed E-state index contributed by atoms with van der Waals surface area (Å²) in [6.45, 7) is 12.2. The molecule has 0 radical (unpaired) electrons. The average molecular weight is 603 g/mol.